The Balaban J connectivity index is 2.04. The van der Waals surface area contributed by atoms with Gasteiger partial charge < -0.3 is 15.0 Å². The first-order valence-corrected chi connectivity index (χ1v) is 7.04. The lowest BCUT2D eigenvalue weighted by molar-refractivity contribution is 0.0600. The summed E-state index contributed by atoms with van der Waals surface area (Å²) >= 11 is 0. The second kappa shape index (κ2) is 5.53. The summed E-state index contributed by atoms with van der Waals surface area (Å²) in [6, 6.07) is 7.23. The molecule has 1 aliphatic heterocycles. The monoisotopic (exact) mass is 297 g/mol. The average molecular weight is 297 g/mol. The molecular weight excluding hydrogens is 282 g/mol. The van der Waals surface area contributed by atoms with Crippen molar-refractivity contribution in [1.29, 1.82) is 5.26 Å². The number of hydrogen-bond acceptors (Lipinski definition) is 4. The lowest BCUT2D eigenvalue weighted by atomic mass is 9.95. The molecule has 0 bridgehead atoms. The first kappa shape index (κ1) is 14.1. The predicted molar refractivity (Wildman–Crippen MR) is 79.4 cm³/mol. The normalized spacial score (nSPS) is 16.7. The Morgan fingerprint density at radius 3 is 3.05 bits per heavy atom. The van der Waals surface area contributed by atoms with Gasteiger partial charge in [-0.15, -0.1) is 0 Å². The summed E-state index contributed by atoms with van der Waals surface area (Å²) in [5.41, 5.74) is 2.70. The van der Waals surface area contributed by atoms with Gasteiger partial charge in [-0.1, -0.05) is 0 Å². The summed E-state index contributed by atoms with van der Waals surface area (Å²) < 4.78 is 4.74. The van der Waals surface area contributed by atoms with Gasteiger partial charge in [0.2, 0.25) is 0 Å². The number of benzene rings is 1. The topological polar surface area (TPSA) is 95.0 Å². The molecule has 6 heteroatoms. The maximum atomic E-state index is 12.2. The molecule has 1 atom stereocenters. The minimum absolute atomic E-state index is 0.0552. The van der Waals surface area contributed by atoms with Crippen LogP contribution in [0.1, 0.15) is 39.3 Å². The van der Waals surface area contributed by atoms with Crippen LogP contribution in [-0.2, 0) is 11.2 Å². The number of aromatic amines is 1. The Bertz CT molecular complexity index is 801. The van der Waals surface area contributed by atoms with Gasteiger partial charge in [-0.2, -0.15) is 5.26 Å². The smallest absolute Gasteiger partial charge is 0.337 e. The average Bonchev–Trinajstić information content (AvgIpc) is 2.90. The van der Waals surface area contributed by atoms with Crippen LogP contribution in [0.2, 0.25) is 0 Å². The molecule has 0 saturated heterocycles. The largest absolute Gasteiger partial charge is 0.465 e. The minimum atomic E-state index is -0.404. The maximum Gasteiger partial charge on any atom is 0.337 e. The summed E-state index contributed by atoms with van der Waals surface area (Å²) in [4.78, 5) is 27.0. The zero-order valence-electron chi connectivity index (χ0n) is 12.1. The number of ether oxygens (including phenoxy) is 1. The van der Waals surface area contributed by atoms with E-state index in [4.69, 9.17) is 10.00 Å². The molecule has 3 rings (SSSR count). The SMILES string of the molecule is COC(=O)c1ccc2[nH]c3c(c2c1)CC(CCC#N)NC3=O. The molecule has 0 saturated carbocycles. The molecule has 112 valence electrons. The third-order valence-electron chi connectivity index (χ3n) is 3.94. The van der Waals surface area contributed by atoms with Gasteiger partial charge in [-0.3, -0.25) is 4.79 Å². The molecule has 6 nitrogen and oxygen atoms in total. The lowest BCUT2D eigenvalue weighted by Gasteiger charge is -2.22. The number of methoxy groups -OCH3 is 1. The van der Waals surface area contributed by atoms with E-state index in [2.05, 4.69) is 16.4 Å². The summed E-state index contributed by atoms with van der Waals surface area (Å²) in [7, 11) is 1.34. The van der Waals surface area contributed by atoms with Gasteiger partial charge in [0.1, 0.15) is 5.69 Å². The molecule has 22 heavy (non-hydrogen) atoms. The van der Waals surface area contributed by atoms with Gasteiger partial charge >= 0.3 is 5.97 Å². The van der Waals surface area contributed by atoms with Gasteiger partial charge in [-0.25, -0.2) is 4.79 Å². The van der Waals surface area contributed by atoms with E-state index in [1.54, 1.807) is 18.2 Å². The Kier molecular flexibility index (Phi) is 3.55. The third-order valence-corrected chi connectivity index (χ3v) is 3.94. The van der Waals surface area contributed by atoms with Crippen LogP contribution < -0.4 is 5.32 Å². The fourth-order valence-electron chi connectivity index (χ4n) is 2.87. The van der Waals surface area contributed by atoms with Gasteiger partial charge in [0.25, 0.3) is 5.91 Å². The highest BCUT2D eigenvalue weighted by Crippen LogP contribution is 2.28. The van der Waals surface area contributed by atoms with Crippen LogP contribution >= 0.6 is 0 Å². The number of nitrogens with one attached hydrogen (secondary N) is 2. The van der Waals surface area contributed by atoms with Gasteiger partial charge in [0.15, 0.2) is 0 Å². The van der Waals surface area contributed by atoms with Crippen molar-refractivity contribution in [3.05, 3.63) is 35.0 Å². The zero-order valence-corrected chi connectivity index (χ0v) is 12.1. The Morgan fingerprint density at radius 1 is 1.50 bits per heavy atom. The highest BCUT2D eigenvalue weighted by atomic mass is 16.5. The highest BCUT2D eigenvalue weighted by molar-refractivity contribution is 6.04. The molecule has 1 aromatic heterocycles. The molecule has 2 heterocycles. The van der Waals surface area contributed by atoms with Crippen LogP contribution in [0.3, 0.4) is 0 Å². The van der Waals surface area contributed by atoms with Gasteiger partial charge in [0.05, 0.1) is 18.7 Å². The zero-order chi connectivity index (χ0) is 15.7. The maximum absolute atomic E-state index is 12.2. The van der Waals surface area contributed by atoms with E-state index in [0.29, 0.717) is 30.5 Å². The second-order valence-electron chi connectivity index (χ2n) is 5.30. The van der Waals surface area contributed by atoms with Crippen LogP contribution in [0, 0.1) is 11.3 Å². The third kappa shape index (κ3) is 2.31. The van der Waals surface area contributed by atoms with Gasteiger partial charge in [0, 0.05) is 23.4 Å². The molecule has 0 radical (unpaired) electrons. The molecule has 2 N–H and O–H groups in total. The Morgan fingerprint density at radius 2 is 2.32 bits per heavy atom. The summed E-state index contributed by atoms with van der Waals surface area (Å²) in [6.07, 6.45) is 1.66. The van der Waals surface area contributed by atoms with Crippen molar-refractivity contribution in [1.82, 2.24) is 10.3 Å². The van der Waals surface area contributed by atoms with Crippen molar-refractivity contribution < 1.29 is 14.3 Å². The number of hydrogen-bond donors (Lipinski definition) is 2. The molecule has 0 fully saturated rings. The summed E-state index contributed by atoms with van der Waals surface area (Å²) in [5, 5.41) is 12.5. The predicted octanol–water partition coefficient (Wildman–Crippen LogP) is 1.91. The van der Waals surface area contributed by atoms with Crippen molar-refractivity contribution in [3.8, 4) is 6.07 Å². The molecule has 0 aliphatic carbocycles. The minimum Gasteiger partial charge on any atom is -0.465 e. The van der Waals surface area contributed by atoms with E-state index in [-0.39, 0.29) is 11.9 Å². The van der Waals surface area contributed by atoms with E-state index < -0.39 is 5.97 Å². The number of esters is 1. The van der Waals surface area contributed by atoms with Crippen LogP contribution in [0.25, 0.3) is 10.9 Å². The number of nitrogens with zero attached hydrogens (tertiary/aromatic N) is 1. The van der Waals surface area contributed by atoms with Crippen molar-refractivity contribution in [2.75, 3.05) is 7.11 Å². The number of fused-ring (bicyclic) bond motifs is 3. The molecule has 0 spiro atoms. The number of aromatic nitrogens is 1. The molecular formula is C16H15N3O3. The van der Waals surface area contributed by atoms with Crippen molar-refractivity contribution >= 4 is 22.8 Å². The lowest BCUT2D eigenvalue weighted by Crippen LogP contribution is -2.41. The Labute approximate surface area is 127 Å². The quantitative estimate of drug-likeness (QED) is 0.846. The summed E-state index contributed by atoms with van der Waals surface area (Å²) in [5.74, 6) is -0.571. The van der Waals surface area contributed by atoms with E-state index in [0.717, 1.165) is 16.5 Å². The fraction of sp³-hybridized carbons (Fsp3) is 0.312. The number of carbonyl (C=O) groups excluding carboxylic acids is 2. The molecule has 1 aromatic carbocycles. The van der Waals surface area contributed by atoms with E-state index in [1.807, 2.05) is 0 Å². The van der Waals surface area contributed by atoms with Crippen LogP contribution in [0.4, 0.5) is 0 Å². The van der Waals surface area contributed by atoms with Crippen molar-refractivity contribution in [3.63, 3.8) is 0 Å². The number of carbonyl (C=O) groups is 2. The first-order valence-electron chi connectivity index (χ1n) is 7.04. The molecule has 2 aromatic rings. The number of amides is 1. The Hall–Kier alpha value is -2.81. The highest BCUT2D eigenvalue weighted by Gasteiger charge is 2.27. The second-order valence-corrected chi connectivity index (χ2v) is 5.30. The van der Waals surface area contributed by atoms with E-state index in [1.165, 1.54) is 7.11 Å². The van der Waals surface area contributed by atoms with Crippen molar-refractivity contribution in [2.45, 2.75) is 25.3 Å². The number of H-pyrrole nitrogens is 1. The van der Waals surface area contributed by atoms with Gasteiger partial charge in [-0.05, 0) is 36.6 Å². The number of rotatable bonds is 3. The molecule has 1 aliphatic rings. The molecule has 1 amide bonds. The summed E-state index contributed by atoms with van der Waals surface area (Å²) in [6.45, 7) is 0. The van der Waals surface area contributed by atoms with Crippen molar-refractivity contribution in [2.24, 2.45) is 0 Å². The van der Waals surface area contributed by atoms with Crippen LogP contribution in [0.15, 0.2) is 18.2 Å². The first-order chi connectivity index (χ1) is 10.6. The molecule has 1 unspecified atom stereocenters. The van der Waals surface area contributed by atoms with Crippen LogP contribution in [0.5, 0.6) is 0 Å². The fourth-order valence-corrected chi connectivity index (χ4v) is 2.87. The number of nitriles is 1. The van der Waals surface area contributed by atoms with E-state index >= 15 is 0 Å². The van der Waals surface area contributed by atoms with Crippen LogP contribution in [-0.4, -0.2) is 30.0 Å². The standard InChI is InChI=1S/C16H15N3O3/c1-22-16(21)9-4-5-13-11(7-9)12-8-10(3-2-6-17)18-15(20)14(12)19-13/h4-5,7,10,19H,2-3,8H2,1H3,(H,18,20). The van der Waals surface area contributed by atoms with E-state index in [9.17, 15) is 9.59 Å².